The van der Waals surface area contributed by atoms with Crippen molar-refractivity contribution in [1.29, 1.82) is 0 Å². The number of anilines is 2. The summed E-state index contributed by atoms with van der Waals surface area (Å²) in [6, 6.07) is 5.46. The second-order valence-corrected chi connectivity index (χ2v) is 5.18. The minimum atomic E-state index is -0.457. The number of carbonyl (C=O) groups excluding carboxylic acids is 1. The van der Waals surface area contributed by atoms with E-state index in [2.05, 4.69) is 26.1 Å². The highest BCUT2D eigenvalue weighted by atomic mass is 16.1. The molecule has 0 saturated carbocycles. The second kappa shape index (κ2) is 6.28. The zero-order valence-corrected chi connectivity index (χ0v) is 11.4. The van der Waals surface area contributed by atoms with E-state index in [0.717, 1.165) is 12.1 Å². The predicted octanol–water partition coefficient (Wildman–Crippen LogP) is 2.60. The van der Waals surface area contributed by atoms with Crippen molar-refractivity contribution in [3.63, 3.8) is 0 Å². The van der Waals surface area contributed by atoms with Crippen LogP contribution in [0.3, 0.4) is 0 Å². The van der Waals surface area contributed by atoms with Crippen LogP contribution in [0.1, 0.15) is 44.0 Å². The first-order valence-corrected chi connectivity index (χ1v) is 6.36. The molecule has 4 nitrogen and oxygen atoms in total. The molecule has 100 valence electrons. The van der Waals surface area contributed by atoms with Gasteiger partial charge in [-0.05, 0) is 43.9 Å². The second-order valence-electron chi connectivity index (χ2n) is 5.18. The Morgan fingerprint density at radius 3 is 2.44 bits per heavy atom. The maximum atomic E-state index is 11.0. The summed E-state index contributed by atoms with van der Waals surface area (Å²) < 4.78 is 0. The van der Waals surface area contributed by atoms with Crippen molar-refractivity contribution in [2.75, 3.05) is 11.1 Å². The van der Waals surface area contributed by atoms with E-state index in [1.807, 2.05) is 0 Å². The van der Waals surface area contributed by atoms with E-state index in [-0.39, 0.29) is 0 Å². The van der Waals surface area contributed by atoms with Gasteiger partial charge in [0, 0.05) is 11.6 Å². The van der Waals surface area contributed by atoms with Crippen LogP contribution in [0.5, 0.6) is 0 Å². The van der Waals surface area contributed by atoms with E-state index in [9.17, 15) is 4.79 Å². The summed E-state index contributed by atoms with van der Waals surface area (Å²) in [6.45, 7) is 6.55. The van der Waals surface area contributed by atoms with E-state index >= 15 is 0 Å². The smallest absolute Gasteiger partial charge is 0.248 e. The number of nitrogen functional groups attached to an aromatic ring is 1. The summed E-state index contributed by atoms with van der Waals surface area (Å²) in [5.41, 5.74) is 12.9. The standard InChI is InChI=1S/C14H23N3O/c1-9(2)4-5-10(3)17-13-7-6-11(14(16)18)8-12(13)15/h6-10,17H,4-5,15H2,1-3H3,(H2,16,18). The number of carbonyl (C=O) groups is 1. The molecule has 0 aliphatic carbocycles. The number of amides is 1. The Labute approximate surface area is 109 Å². The third-order valence-corrected chi connectivity index (χ3v) is 2.92. The lowest BCUT2D eigenvalue weighted by molar-refractivity contribution is 0.100. The summed E-state index contributed by atoms with van der Waals surface area (Å²) in [4.78, 5) is 11.0. The fourth-order valence-corrected chi connectivity index (χ4v) is 1.77. The molecule has 0 radical (unpaired) electrons. The molecule has 0 aliphatic heterocycles. The maximum absolute atomic E-state index is 11.0. The summed E-state index contributed by atoms with van der Waals surface area (Å²) >= 11 is 0. The van der Waals surface area contributed by atoms with Gasteiger partial charge in [0.1, 0.15) is 0 Å². The van der Waals surface area contributed by atoms with Gasteiger partial charge in [-0.15, -0.1) is 0 Å². The highest BCUT2D eigenvalue weighted by Gasteiger charge is 2.08. The number of hydrogen-bond donors (Lipinski definition) is 3. The van der Waals surface area contributed by atoms with E-state index < -0.39 is 5.91 Å². The van der Waals surface area contributed by atoms with Gasteiger partial charge < -0.3 is 16.8 Å². The largest absolute Gasteiger partial charge is 0.397 e. The van der Waals surface area contributed by atoms with Crippen LogP contribution in [0.4, 0.5) is 11.4 Å². The molecule has 1 atom stereocenters. The zero-order chi connectivity index (χ0) is 13.7. The van der Waals surface area contributed by atoms with Crippen molar-refractivity contribution >= 4 is 17.3 Å². The van der Waals surface area contributed by atoms with Gasteiger partial charge in [-0.25, -0.2) is 0 Å². The minimum Gasteiger partial charge on any atom is -0.397 e. The molecular formula is C14H23N3O. The van der Waals surface area contributed by atoms with E-state index in [4.69, 9.17) is 11.5 Å². The van der Waals surface area contributed by atoms with Crippen LogP contribution >= 0.6 is 0 Å². The fraction of sp³-hybridized carbons (Fsp3) is 0.500. The Morgan fingerprint density at radius 1 is 1.28 bits per heavy atom. The molecule has 1 aromatic carbocycles. The molecule has 0 aromatic heterocycles. The molecule has 1 aromatic rings. The number of nitrogens with one attached hydrogen (secondary N) is 1. The first kappa shape index (κ1) is 14.4. The molecular weight excluding hydrogens is 226 g/mol. The number of nitrogens with two attached hydrogens (primary N) is 2. The molecule has 0 saturated heterocycles. The van der Waals surface area contributed by atoms with Gasteiger partial charge in [0.05, 0.1) is 11.4 Å². The minimum absolute atomic E-state index is 0.356. The van der Waals surface area contributed by atoms with Crippen LogP contribution in [0, 0.1) is 5.92 Å². The average Bonchev–Trinajstić information content (AvgIpc) is 2.29. The summed E-state index contributed by atoms with van der Waals surface area (Å²) in [5, 5.41) is 3.35. The zero-order valence-electron chi connectivity index (χ0n) is 11.4. The molecule has 1 unspecified atom stereocenters. The van der Waals surface area contributed by atoms with Crippen LogP contribution in [-0.2, 0) is 0 Å². The molecule has 4 heteroatoms. The highest BCUT2D eigenvalue weighted by molar-refractivity contribution is 5.94. The summed E-state index contributed by atoms with van der Waals surface area (Å²) in [5.74, 6) is 0.241. The third kappa shape index (κ3) is 4.28. The molecule has 0 spiro atoms. The summed E-state index contributed by atoms with van der Waals surface area (Å²) in [6.07, 6.45) is 2.27. The lowest BCUT2D eigenvalue weighted by Gasteiger charge is -2.18. The maximum Gasteiger partial charge on any atom is 0.248 e. The van der Waals surface area contributed by atoms with Gasteiger partial charge in [0.25, 0.3) is 0 Å². The summed E-state index contributed by atoms with van der Waals surface area (Å²) in [7, 11) is 0. The molecule has 0 bridgehead atoms. The first-order chi connectivity index (χ1) is 8.40. The van der Waals surface area contributed by atoms with E-state index in [1.165, 1.54) is 6.42 Å². The third-order valence-electron chi connectivity index (χ3n) is 2.92. The Bertz CT molecular complexity index is 416. The first-order valence-electron chi connectivity index (χ1n) is 6.36. The van der Waals surface area contributed by atoms with Crippen LogP contribution < -0.4 is 16.8 Å². The van der Waals surface area contributed by atoms with Crippen LogP contribution in [-0.4, -0.2) is 11.9 Å². The van der Waals surface area contributed by atoms with Crippen molar-refractivity contribution in [2.45, 2.75) is 39.7 Å². The van der Waals surface area contributed by atoms with E-state index in [0.29, 0.717) is 23.2 Å². The lowest BCUT2D eigenvalue weighted by atomic mass is 10.0. The van der Waals surface area contributed by atoms with E-state index in [1.54, 1.807) is 18.2 Å². The molecule has 18 heavy (non-hydrogen) atoms. The average molecular weight is 249 g/mol. The van der Waals surface area contributed by atoms with Crippen molar-refractivity contribution < 1.29 is 4.79 Å². The topological polar surface area (TPSA) is 81.1 Å². The van der Waals surface area contributed by atoms with Crippen molar-refractivity contribution in [3.8, 4) is 0 Å². The molecule has 0 fully saturated rings. The Morgan fingerprint density at radius 2 is 1.94 bits per heavy atom. The van der Waals surface area contributed by atoms with Gasteiger partial charge in [-0.2, -0.15) is 0 Å². The molecule has 1 rings (SSSR count). The molecule has 0 heterocycles. The Hall–Kier alpha value is -1.71. The number of rotatable bonds is 6. The number of primary amides is 1. The van der Waals surface area contributed by atoms with Gasteiger partial charge in [-0.1, -0.05) is 13.8 Å². The Kier molecular flexibility index (Phi) is 5.01. The van der Waals surface area contributed by atoms with Crippen LogP contribution in [0.2, 0.25) is 0 Å². The van der Waals surface area contributed by atoms with Crippen LogP contribution in [0.25, 0.3) is 0 Å². The van der Waals surface area contributed by atoms with Gasteiger partial charge in [0.2, 0.25) is 5.91 Å². The number of hydrogen-bond acceptors (Lipinski definition) is 3. The van der Waals surface area contributed by atoms with Crippen molar-refractivity contribution in [2.24, 2.45) is 11.7 Å². The van der Waals surface area contributed by atoms with Crippen LogP contribution in [0.15, 0.2) is 18.2 Å². The van der Waals surface area contributed by atoms with Crippen molar-refractivity contribution in [1.82, 2.24) is 0 Å². The fourth-order valence-electron chi connectivity index (χ4n) is 1.77. The SMILES string of the molecule is CC(C)CCC(C)Nc1ccc(C(N)=O)cc1N. The van der Waals surface area contributed by atoms with Gasteiger partial charge in [0.15, 0.2) is 0 Å². The molecule has 5 N–H and O–H groups in total. The lowest BCUT2D eigenvalue weighted by Crippen LogP contribution is -2.17. The number of benzene rings is 1. The molecule has 1 amide bonds. The quantitative estimate of drug-likeness (QED) is 0.678. The molecule has 0 aliphatic rings. The normalized spacial score (nSPS) is 12.4. The Balaban J connectivity index is 2.64. The van der Waals surface area contributed by atoms with Gasteiger partial charge in [-0.3, -0.25) is 4.79 Å². The monoisotopic (exact) mass is 249 g/mol. The van der Waals surface area contributed by atoms with Crippen molar-refractivity contribution in [3.05, 3.63) is 23.8 Å². The highest BCUT2D eigenvalue weighted by Crippen LogP contribution is 2.21. The predicted molar refractivity (Wildman–Crippen MR) is 76.5 cm³/mol. The van der Waals surface area contributed by atoms with Gasteiger partial charge >= 0.3 is 0 Å².